The molecule has 1 saturated heterocycles. The number of sulfonamides is 1. The third-order valence-corrected chi connectivity index (χ3v) is 7.13. The Hall–Kier alpha value is -2.52. The maximum atomic E-state index is 13.1. The number of benzene rings is 1. The molecule has 3 heterocycles. The van der Waals surface area contributed by atoms with Crippen LogP contribution in [0.1, 0.15) is 16.9 Å². The van der Waals surface area contributed by atoms with E-state index in [2.05, 4.69) is 10.2 Å². The maximum absolute atomic E-state index is 13.1. The van der Waals surface area contributed by atoms with Crippen molar-refractivity contribution >= 4 is 21.6 Å². The number of fused-ring (bicyclic) bond motifs is 1. The second kappa shape index (κ2) is 7.48. The van der Waals surface area contributed by atoms with Gasteiger partial charge in [-0.05, 0) is 24.6 Å². The Morgan fingerprint density at radius 3 is 2.57 bits per heavy atom. The van der Waals surface area contributed by atoms with E-state index in [0.29, 0.717) is 45.0 Å². The van der Waals surface area contributed by atoms with Gasteiger partial charge in [0.05, 0.1) is 12.8 Å². The van der Waals surface area contributed by atoms with E-state index >= 15 is 0 Å². The van der Waals surface area contributed by atoms with Gasteiger partial charge in [0.15, 0.2) is 0 Å². The lowest BCUT2D eigenvalue weighted by molar-refractivity contribution is 0.0951. The van der Waals surface area contributed by atoms with Crippen LogP contribution in [0.15, 0.2) is 41.4 Å². The van der Waals surface area contributed by atoms with Gasteiger partial charge in [-0.15, -0.1) is 0 Å². The average molecular weight is 404 g/mol. The molecule has 0 bridgehead atoms. The van der Waals surface area contributed by atoms with Crippen LogP contribution in [-0.2, 0) is 16.6 Å². The lowest BCUT2D eigenvalue weighted by Gasteiger charge is -2.35. The minimum atomic E-state index is -3.64. The highest BCUT2D eigenvalue weighted by molar-refractivity contribution is 7.89. The van der Waals surface area contributed by atoms with Crippen LogP contribution in [-0.4, -0.2) is 63.0 Å². The molecule has 0 unspecified atom stereocenters. The summed E-state index contributed by atoms with van der Waals surface area (Å²) in [5.74, 6) is 0.556. The SMILES string of the molecule is COc1ccccc1N1CCN(S(=O)(=O)c2cc3n(c2)CCCNC3=O)CC1. The van der Waals surface area contributed by atoms with Crippen molar-refractivity contribution in [3.05, 3.63) is 42.2 Å². The van der Waals surface area contributed by atoms with Crippen LogP contribution in [0, 0.1) is 0 Å². The van der Waals surface area contributed by atoms with Crippen LogP contribution in [0.4, 0.5) is 5.69 Å². The number of methoxy groups -OCH3 is 1. The van der Waals surface area contributed by atoms with E-state index in [1.165, 1.54) is 10.4 Å². The molecule has 2 aliphatic heterocycles. The van der Waals surface area contributed by atoms with E-state index in [0.717, 1.165) is 17.9 Å². The van der Waals surface area contributed by atoms with Gasteiger partial charge in [-0.25, -0.2) is 8.42 Å². The minimum Gasteiger partial charge on any atom is -0.495 e. The number of carbonyl (C=O) groups excluding carboxylic acids is 1. The zero-order valence-corrected chi connectivity index (χ0v) is 16.6. The molecule has 150 valence electrons. The summed E-state index contributed by atoms with van der Waals surface area (Å²) in [5, 5.41) is 2.79. The van der Waals surface area contributed by atoms with Gasteiger partial charge in [0, 0.05) is 45.5 Å². The Bertz CT molecular complexity index is 978. The quantitative estimate of drug-likeness (QED) is 0.826. The zero-order valence-electron chi connectivity index (χ0n) is 15.8. The molecule has 4 rings (SSSR count). The Labute approximate surface area is 164 Å². The lowest BCUT2D eigenvalue weighted by Crippen LogP contribution is -2.48. The fourth-order valence-electron chi connectivity index (χ4n) is 3.75. The summed E-state index contributed by atoms with van der Waals surface area (Å²) in [6.07, 6.45) is 2.37. The fraction of sp³-hybridized carbons (Fsp3) is 0.421. The molecule has 0 radical (unpaired) electrons. The molecule has 1 amide bonds. The highest BCUT2D eigenvalue weighted by Gasteiger charge is 2.31. The topological polar surface area (TPSA) is 83.9 Å². The number of aromatic nitrogens is 1. The first-order valence-electron chi connectivity index (χ1n) is 9.37. The van der Waals surface area contributed by atoms with Gasteiger partial charge >= 0.3 is 0 Å². The predicted octanol–water partition coefficient (Wildman–Crippen LogP) is 1.14. The van der Waals surface area contributed by atoms with Crippen molar-refractivity contribution in [2.75, 3.05) is 44.7 Å². The van der Waals surface area contributed by atoms with Crippen molar-refractivity contribution in [3.63, 3.8) is 0 Å². The van der Waals surface area contributed by atoms with Crippen molar-refractivity contribution in [1.29, 1.82) is 0 Å². The number of rotatable bonds is 4. The number of carbonyl (C=O) groups is 1. The van der Waals surface area contributed by atoms with Gasteiger partial charge in [0.2, 0.25) is 10.0 Å². The second-order valence-electron chi connectivity index (χ2n) is 6.93. The fourth-order valence-corrected chi connectivity index (χ4v) is 5.21. The number of piperazine rings is 1. The second-order valence-corrected chi connectivity index (χ2v) is 8.86. The van der Waals surface area contributed by atoms with E-state index in [-0.39, 0.29) is 10.8 Å². The van der Waals surface area contributed by atoms with E-state index < -0.39 is 10.0 Å². The molecule has 8 nitrogen and oxygen atoms in total. The zero-order chi connectivity index (χ0) is 19.7. The van der Waals surface area contributed by atoms with E-state index in [4.69, 9.17) is 4.74 Å². The molecule has 1 N–H and O–H groups in total. The van der Waals surface area contributed by atoms with Gasteiger partial charge in [-0.3, -0.25) is 4.79 Å². The van der Waals surface area contributed by atoms with Gasteiger partial charge in [0.25, 0.3) is 5.91 Å². The third-order valence-electron chi connectivity index (χ3n) is 5.27. The standard InChI is InChI=1S/C19H24N4O4S/c1-27-18-6-3-2-5-16(18)21-9-11-23(12-10-21)28(25,26)15-13-17-19(24)20-7-4-8-22(17)14-15/h2-3,5-6,13-14H,4,7-12H2,1H3,(H,20,24). The molecule has 9 heteroatoms. The van der Waals surface area contributed by atoms with Crippen molar-refractivity contribution in [3.8, 4) is 5.75 Å². The molecule has 1 aromatic carbocycles. The summed E-state index contributed by atoms with van der Waals surface area (Å²) >= 11 is 0. The monoisotopic (exact) mass is 404 g/mol. The van der Waals surface area contributed by atoms with Crippen molar-refractivity contribution < 1.29 is 17.9 Å². The number of ether oxygens (including phenoxy) is 1. The summed E-state index contributed by atoms with van der Waals surface area (Å²) in [6, 6.07) is 9.23. The maximum Gasteiger partial charge on any atom is 0.267 e. The normalized spacial score (nSPS) is 18.3. The Kier molecular flexibility index (Phi) is 5.03. The molecule has 0 saturated carbocycles. The molecule has 0 atom stereocenters. The molecular weight excluding hydrogens is 380 g/mol. The molecule has 1 aromatic heterocycles. The number of aryl methyl sites for hydroxylation is 1. The summed E-state index contributed by atoms with van der Waals surface area (Å²) in [5.41, 5.74) is 1.37. The van der Waals surface area contributed by atoms with E-state index in [1.54, 1.807) is 17.9 Å². The summed E-state index contributed by atoms with van der Waals surface area (Å²) < 4.78 is 34.8. The molecule has 0 spiro atoms. The number of anilines is 1. The largest absolute Gasteiger partial charge is 0.495 e. The summed E-state index contributed by atoms with van der Waals surface area (Å²) in [6.45, 7) is 3.15. The van der Waals surface area contributed by atoms with Gasteiger partial charge in [-0.2, -0.15) is 4.31 Å². The highest BCUT2D eigenvalue weighted by Crippen LogP contribution is 2.29. The number of para-hydroxylation sites is 2. The number of nitrogens with zero attached hydrogens (tertiary/aromatic N) is 3. The van der Waals surface area contributed by atoms with Crippen LogP contribution in [0.25, 0.3) is 0 Å². The number of hydrogen-bond acceptors (Lipinski definition) is 5. The van der Waals surface area contributed by atoms with Gasteiger partial charge in [0.1, 0.15) is 16.3 Å². The molecular formula is C19H24N4O4S. The van der Waals surface area contributed by atoms with Crippen LogP contribution in [0.2, 0.25) is 0 Å². The molecule has 28 heavy (non-hydrogen) atoms. The Balaban J connectivity index is 1.51. The lowest BCUT2D eigenvalue weighted by atomic mass is 10.2. The smallest absolute Gasteiger partial charge is 0.267 e. The van der Waals surface area contributed by atoms with Crippen LogP contribution < -0.4 is 15.0 Å². The first-order chi connectivity index (χ1) is 13.5. The summed E-state index contributed by atoms with van der Waals surface area (Å²) in [4.78, 5) is 14.4. The molecule has 0 aliphatic carbocycles. The molecule has 1 fully saturated rings. The van der Waals surface area contributed by atoms with Crippen molar-refractivity contribution in [2.24, 2.45) is 0 Å². The molecule has 2 aromatic rings. The summed E-state index contributed by atoms with van der Waals surface area (Å²) in [7, 11) is -2.01. The molecule has 2 aliphatic rings. The average Bonchev–Trinajstić information content (AvgIpc) is 3.09. The first-order valence-corrected chi connectivity index (χ1v) is 10.8. The highest BCUT2D eigenvalue weighted by atomic mass is 32.2. The van der Waals surface area contributed by atoms with Gasteiger partial charge < -0.3 is 19.5 Å². The van der Waals surface area contributed by atoms with Gasteiger partial charge in [-0.1, -0.05) is 12.1 Å². The van der Waals surface area contributed by atoms with Crippen molar-refractivity contribution in [1.82, 2.24) is 14.2 Å². The Morgan fingerprint density at radius 1 is 1.07 bits per heavy atom. The van der Waals surface area contributed by atoms with Crippen molar-refractivity contribution in [2.45, 2.75) is 17.9 Å². The minimum absolute atomic E-state index is 0.185. The van der Waals surface area contributed by atoms with E-state index in [9.17, 15) is 13.2 Å². The Morgan fingerprint density at radius 2 is 1.82 bits per heavy atom. The number of hydrogen-bond donors (Lipinski definition) is 1. The van der Waals surface area contributed by atoms with Crippen LogP contribution in [0.3, 0.4) is 0 Å². The van der Waals surface area contributed by atoms with Crippen LogP contribution >= 0.6 is 0 Å². The van der Waals surface area contributed by atoms with Crippen LogP contribution in [0.5, 0.6) is 5.75 Å². The van der Waals surface area contributed by atoms with E-state index in [1.807, 2.05) is 24.3 Å². The predicted molar refractivity (Wildman–Crippen MR) is 105 cm³/mol. The first kappa shape index (κ1) is 18.8. The number of amides is 1. The number of nitrogens with one attached hydrogen (secondary N) is 1. The third kappa shape index (κ3) is 3.35.